The van der Waals surface area contributed by atoms with Crippen LogP contribution in [0.2, 0.25) is 0 Å². The van der Waals surface area contributed by atoms with Gasteiger partial charge in [-0.2, -0.15) is 15.0 Å². The average molecular weight is 295 g/mol. The van der Waals surface area contributed by atoms with Gasteiger partial charge in [0, 0.05) is 24.8 Å². The molecular weight excluding hydrogens is 278 g/mol. The molecule has 1 aliphatic rings. The lowest BCUT2D eigenvalue weighted by molar-refractivity contribution is -0.130. The first-order valence-electron chi connectivity index (χ1n) is 7.49. The molecule has 1 aliphatic heterocycles. The number of benzene rings is 1. The zero-order chi connectivity index (χ0) is 14.9. The van der Waals surface area contributed by atoms with Gasteiger partial charge >= 0.3 is 0 Å². The van der Waals surface area contributed by atoms with E-state index in [1.165, 1.54) is 0 Å². The number of nitrogens with zero attached hydrogens (tertiary/aromatic N) is 5. The number of carbonyl (C=O) groups is 1. The van der Waals surface area contributed by atoms with Crippen LogP contribution in [0.1, 0.15) is 12.5 Å². The first kappa shape index (κ1) is 13.1. The van der Waals surface area contributed by atoms with Crippen LogP contribution in [0.3, 0.4) is 0 Å². The van der Waals surface area contributed by atoms with Crippen LogP contribution in [-0.2, 0) is 11.3 Å². The summed E-state index contributed by atoms with van der Waals surface area (Å²) in [5.74, 6) is 0.149. The lowest BCUT2D eigenvalue weighted by Gasteiger charge is -2.17. The van der Waals surface area contributed by atoms with Gasteiger partial charge in [0.2, 0.25) is 5.91 Å². The van der Waals surface area contributed by atoms with E-state index >= 15 is 0 Å². The Morgan fingerprint density at radius 3 is 2.86 bits per heavy atom. The van der Waals surface area contributed by atoms with Gasteiger partial charge in [-0.1, -0.05) is 18.2 Å². The van der Waals surface area contributed by atoms with E-state index in [2.05, 4.69) is 16.3 Å². The third-order valence-corrected chi connectivity index (χ3v) is 4.27. The first-order chi connectivity index (χ1) is 10.8. The van der Waals surface area contributed by atoms with Crippen molar-refractivity contribution in [3.05, 3.63) is 48.9 Å². The van der Waals surface area contributed by atoms with Crippen molar-refractivity contribution in [1.82, 2.24) is 24.5 Å². The van der Waals surface area contributed by atoms with Crippen molar-refractivity contribution in [2.45, 2.75) is 19.0 Å². The number of likely N-dealkylation sites (tertiary alicyclic amines) is 1. The van der Waals surface area contributed by atoms with E-state index in [1.54, 1.807) is 17.2 Å². The van der Waals surface area contributed by atoms with Crippen LogP contribution in [0.4, 0.5) is 0 Å². The van der Waals surface area contributed by atoms with Gasteiger partial charge in [0.1, 0.15) is 6.54 Å². The number of carbonyl (C=O) groups excluding carboxylic acids is 1. The number of amides is 1. The number of aromatic nitrogens is 4. The molecule has 22 heavy (non-hydrogen) atoms. The highest BCUT2D eigenvalue weighted by Gasteiger charge is 2.28. The first-order valence-corrected chi connectivity index (χ1v) is 7.49. The van der Waals surface area contributed by atoms with Gasteiger partial charge in [-0.25, -0.2) is 0 Å². The third kappa shape index (κ3) is 2.26. The molecule has 0 N–H and O–H groups in total. The Morgan fingerprint density at radius 1 is 1.18 bits per heavy atom. The minimum Gasteiger partial charge on any atom is -0.339 e. The quantitative estimate of drug-likeness (QED) is 0.739. The summed E-state index contributed by atoms with van der Waals surface area (Å²) in [6, 6.07) is 10.4. The minimum absolute atomic E-state index is 0.149. The lowest BCUT2D eigenvalue weighted by atomic mass is 10.2. The highest BCUT2D eigenvalue weighted by atomic mass is 16.2. The van der Waals surface area contributed by atoms with Gasteiger partial charge in [-0.3, -0.25) is 4.79 Å². The summed E-state index contributed by atoms with van der Waals surface area (Å²) >= 11 is 0. The lowest BCUT2D eigenvalue weighted by Crippen LogP contribution is -2.32. The zero-order valence-electron chi connectivity index (χ0n) is 12.2. The SMILES string of the molecule is O=C(Cn1ccc2ccccc21)N1CC[C@H](n2nccn2)C1. The summed E-state index contributed by atoms with van der Waals surface area (Å²) in [6.45, 7) is 1.84. The predicted octanol–water partition coefficient (Wildman–Crippen LogP) is 1.71. The van der Waals surface area contributed by atoms with Crippen molar-refractivity contribution in [3.63, 3.8) is 0 Å². The van der Waals surface area contributed by atoms with E-state index in [0.717, 1.165) is 23.9 Å². The van der Waals surface area contributed by atoms with Gasteiger partial charge in [0.25, 0.3) is 0 Å². The summed E-state index contributed by atoms with van der Waals surface area (Å²) < 4.78 is 2.01. The molecule has 4 rings (SSSR count). The highest BCUT2D eigenvalue weighted by molar-refractivity contribution is 5.83. The van der Waals surface area contributed by atoms with Crippen molar-refractivity contribution in [2.24, 2.45) is 0 Å². The number of fused-ring (bicyclic) bond motifs is 1. The summed E-state index contributed by atoms with van der Waals surface area (Å²) in [5.41, 5.74) is 1.10. The van der Waals surface area contributed by atoms with Crippen molar-refractivity contribution < 1.29 is 4.79 Å². The molecule has 1 atom stereocenters. The normalized spacial score (nSPS) is 18.2. The molecule has 0 bridgehead atoms. The van der Waals surface area contributed by atoms with Crippen LogP contribution in [0.5, 0.6) is 0 Å². The van der Waals surface area contributed by atoms with E-state index in [9.17, 15) is 4.79 Å². The van der Waals surface area contributed by atoms with E-state index in [-0.39, 0.29) is 11.9 Å². The molecular formula is C16H17N5O. The van der Waals surface area contributed by atoms with E-state index in [0.29, 0.717) is 13.1 Å². The molecule has 0 unspecified atom stereocenters. The summed E-state index contributed by atoms with van der Waals surface area (Å²) in [5, 5.41) is 9.50. The summed E-state index contributed by atoms with van der Waals surface area (Å²) in [7, 11) is 0. The van der Waals surface area contributed by atoms with Gasteiger partial charge < -0.3 is 9.47 Å². The van der Waals surface area contributed by atoms with Crippen LogP contribution >= 0.6 is 0 Å². The molecule has 1 aromatic carbocycles. The van der Waals surface area contributed by atoms with E-state index < -0.39 is 0 Å². The van der Waals surface area contributed by atoms with Crippen LogP contribution in [0, 0.1) is 0 Å². The molecule has 0 aliphatic carbocycles. The van der Waals surface area contributed by atoms with Crippen molar-refractivity contribution in [2.75, 3.05) is 13.1 Å². The Labute approximate surface area is 127 Å². The second kappa shape index (κ2) is 5.29. The molecule has 3 heterocycles. The fourth-order valence-electron chi connectivity index (χ4n) is 3.10. The smallest absolute Gasteiger partial charge is 0.242 e. The van der Waals surface area contributed by atoms with E-state index in [4.69, 9.17) is 0 Å². The molecule has 6 nitrogen and oxygen atoms in total. The third-order valence-electron chi connectivity index (χ3n) is 4.27. The largest absolute Gasteiger partial charge is 0.339 e. The average Bonchev–Trinajstić information content (AvgIpc) is 3.28. The maximum Gasteiger partial charge on any atom is 0.242 e. The Kier molecular flexibility index (Phi) is 3.14. The fourth-order valence-corrected chi connectivity index (χ4v) is 3.10. The minimum atomic E-state index is 0.149. The molecule has 0 saturated carbocycles. The van der Waals surface area contributed by atoms with Crippen molar-refractivity contribution in [3.8, 4) is 0 Å². The van der Waals surface area contributed by atoms with Crippen LogP contribution in [0.25, 0.3) is 10.9 Å². The molecule has 0 radical (unpaired) electrons. The maximum atomic E-state index is 12.5. The molecule has 6 heteroatoms. The molecule has 1 amide bonds. The molecule has 1 fully saturated rings. The zero-order valence-corrected chi connectivity index (χ0v) is 12.2. The van der Waals surface area contributed by atoms with Gasteiger partial charge in [-0.05, 0) is 23.9 Å². The van der Waals surface area contributed by atoms with E-state index in [1.807, 2.05) is 39.9 Å². The van der Waals surface area contributed by atoms with Gasteiger partial charge in [0.15, 0.2) is 0 Å². The Hall–Kier alpha value is -2.63. The molecule has 2 aromatic heterocycles. The highest BCUT2D eigenvalue weighted by Crippen LogP contribution is 2.21. The number of hydrogen-bond acceptors (Lipinski definition) is 3. The van der Waals surface area contributed by atoms with Crippen LogP contribution in [0.15, 0.2) is 48.9 Å². The number of rotatable bonds is 3. The molecule has 3 aromatic rings. The topological polar surface area (TPSA) is 56.0 Å². The van der Waals surface area contributed by atoms with Crippen LogP contribution < -0.4 is 0 Å². The second-order valence-electron chi connectivity index (χ2n) is 5.63. The Bertz CT molecular complexity index is 792. The van der Waals surface area contributed by atoms with Gasteiger partial charge in [0.05, 0.1) is 18.4 Å². The molecule has 112 valence electrons. The second-order valence-corrected chi connectivity index (χ2v) is 5.63. The fraction of sp³-hybridized carbons (Fsp3) is 0.312. The summed E-state index contributed by atoms with van der Waals surface area (Å²) in [6.07, 6.45) is 6.24. The predicted molar refractivity (Wildman–Crippen MR) is 82.2 cm³/mol. The van der Waals surface area contributed by atoms with Gasteiger partial charge in [-0.15, -0.1) is 0 Å². The van der Waals surface area contributed by atoms with Crippen LogP contribution in [-0.4, -0.2) is 43.5 Å². The van der Waals surface area contributed by atoms with Crippen molar-refractivity contribution >= 4 is 16.8 Å². The molecule has 0 spiro atoms. The monoisotopic (exact) mass is 295 g/mol. The maximum absolute atomic E-state index is 12.5. The molecule has 1 saturated heterocycles. The standard InChI is InChI=1S/C16H17N5O/c22-16(12-19-9-5-13-3-1-2-4-15(13)19)20-10-6-14(11-20)21-17-7-8-18-21/h1-5,7-9,14H,6,10-12H2/t14-/m0/s1. The number of para-hydroxylation sites is 1. The van der Waals surface area contributed by atoms with Crippen molar-refractivity contribution in [1.29, 1.82) is 0 Å². The Balaban J connectivity index is 1.47. The Morgan fingerprint density at radius 2 is 2.00 bits per heavy atom. The number of hydrogen-bond donors (Lipinski definition) is 0. The summed E-state index contributed by atoms with van der Waals surface area (Å²) in [4.78, 5) is 16.1.